The average molecular weight is 416 g/mol. The quantitative estimate of drug-likeness (QED) is 0.670. The lowest BCUT2D eigenvalue weighted by molar-refractivity contribution is -0.0956. The molecule has 140 valence electrons. The fourth-order valence-corrected chi connectivity index (χ4v) is 3.27. The molecule has 2 rings (SSSR count). The van der Waals surface area contributed by atoms with Gasteiger partial charge in [-0.2, -0.15) is 0 Å². The standard InChI is InChI=1S/C19H27BrFNO3/c1-5-19(24-13-14-12-15(21)6-7-16(14)20)8-10-22(11-9-19)17(23)25-18(2,3)4/h6-7,12H,5,8-11,13H2,1-4H3. The molecule has 0 aliphatic carbocycles. The number of hydrogen-bond acceptors (Lipinski definition) is 3. The molecular formula is C19H27BrFNO3. The summed E-state index contributed by atoms with van der Waals surface area (Å²) in [6, 6.07) is 4.60. The highest BCUT2D eigenvalue weighted by molar-refractivity contribution is 9.10. The summed E-state index contributed by atoms with van der Waals surface area (Å²) in [5.74, 6) is -0.271. The fourth-order valence-electron chi connectivity index (χ4n) is 2.91. The fraction of sp³-hybridized carbons (Fsp3) is 0.632. The molecule has 1 saturated heterocycles. The zero-order valence-electron chi connectivity index (χ0n) is 15.4. The number of hydrogen-bond donors (Lipinski definition) is 0. The van der Waals surface area contributed by atoms with Crippen molar-refractivity contribution in [3.05, 3.63) is 34.1 Å². The van der Waals surface area contributed by atoms with Gasteiger partial charge in [0.2, 0.25) is 0 Å². The van der Waals surface area contributed by atoms with Gasteiger partial charge in [-0.3, -0.25) is 0 Å². The Bertz CT molecular complexity index is 607. The number of benzene rings is 1. The Morgan fingerprint density at radius 1 is 1.32 bits per heavy atom. The predicted molar refractivity (Wildman–Crippen MR) is 99.0 cm³/mol. The predicted octanol–water partition coefficient (Wildman–Crippen LogP) is 5.28. The maximum absolute atomic E-state index is 13.4. The maximum atomic E-state index is 13.4. The second kappa shape index (κ2) is 8.04. The summed E-state index contributed by atoms with van der Waals surface area (Å²) in [7, 11) is 0. The molecule has 0 atom stereocenters. The Balaban J connectivity index is 1.94. The van der Waals surface area contributed by atoms with E-state index in [0.717, 1.165) is 29.3 Å². The van der Waals surface area contributed by atoms with Gasteiger partial charge in [-0.05, 0) is 63.8 Å². The van der Waals surface area contributed by atoms with E-state index in [1.807, 2.05) is 20.8 Å². The molecule has 1 aromatic carbocycles. The van der Waals surface area contributed by atoms with Gasteiger partial charge in [0.05, 0.1) is 12.2 Å². The summed E-state index contributed by atoms with van der Waals surface area (Å²) in [6.07, 6.45) is 2.07. The highest BCUT2D eigenvalue weighted by Gasteiger charge is 2.36. The van der Waals surface area contributed by atoms with Crippen LogP contribution in [-0.4, -0.2) is 35.3 Å². The number of halogens is 2. The average Bonchev–Trinajstić information content (AvgIpc) is 2.54. The summed E-state index contributed by atoms with van der Waals surface area (Å²) in [5, 5.41) is 0. The highest BCUT2D eigenvalue weighted by Crippen LogP contribution is 2.32. The van der Waals surface area contributed by atoms with Crippen LogP contribution < -0.4 is 0 Å². The summed E-state index contributed by atoms with van der Waals surface area (Å²) >= 11 is 3.44. The summed E-state index contributed by atoms with van der Waals surface area (Å²) in [6.45, 7) is 9.24. The molecule has 1 amide bonds. The molecule has 0 spiro atoms. The third kappa shape index (κ3) is 5.68. The van der Waals surface area contributed by atoms with Crippen molar-refractivity contribution >= 4 is 22.0 Å². The Morgan fingerprint density at radius 3 is 2.52 bits per heavy atom. The smallest absolute Gasteiger partial charge is 0.410 e. The van der Waals surface area contributed by atoms with Crippen molar-refractivity contribution in [1.29, 1.82) is 0 Å². The van der Waals surface area contributed by atoms with Gasteiger partial charge in [-0.15, -0.1) is 0 Å². The van der Waals surface area contributed by atoms with Gasteiger partial charge < -0.3 is 14.4 Å². The number of carbonyl (C=O) groups is 1. The zero-order chi connectivity index (χ0) is 18.7. The van der Waals surface area contributed by atoms with Crippen molar-refractivity contribution in [3.63, 3.8) is 0 Å². The first-order valence-electron chi connectivity index (χ1n) is 8.70. The number of nitrogens with zero attached hydrogens (tertiary/aromatic N) is 1. The molecule has 0 bridgehead atoms. The van der Waals surface area contributed by atoms with E-state index in [1.54, 1.807) is 11.0 Å². The van der Waals surface area contributed by atoms with Crippen LogP contribution in [0.1, 0.15) is 52.5 Å². The lowest BCUT2D eigenvalue weighted by Crippen LogP contribution is -2.49. The number of likely N-dealkylation sites (tertiary alicyclic amines) is 1. The van der Waals surface area contributed by atoms with E-state index in [9.17, 15) is 9.18 Å². The molecule has 4 nitrogen and oxygen atoms in total. The van der Waals surface area contributed by atoms with Gasteiger partial charge in [0.15, 0.2) is 0 Å². The van der Waals surface area contributed by atoms with Gasteiger partial charge in [0.25, 0.3) is 0 Å². The van der Waals surface area contributed by atoms with Crippen LogP contribution in [0.5, 0.6) is 0 Å². The Hall–Kier alpha value is -1.14. The third-order valence-corrected chi connectivity index (χ3v) is 5.29. The molecule has 1 aromatic rings. The van der Waals surface area contributed by atoms with Crippen LogP contribution in [0.25, 0.3) is 0 Å². The minimum absolute atomic E-state index is 0.271. The van der Waals surface area contributed by atoms with Gasteiger partial charge in [0.1, 0.15) is 11.4 Å². The molecule has 1 aliphatic heterocycles. The summed E-state index contributed by atoms with van der Waals surface area (Å²) < 4.78 is 25.9. The second-order valence-corrected chi connectivity index (χ2v) is 8.38. The van der Waals surface area contributed by atoms with Crippen LogP contribution >= 0.6 is 15.9 Å². The van der Waals surface area contributed by atoms with Crippen LogP contribution in [0.3, 0.4) is 0 Å². The zero-order valence-corrected chi connectivity index (χ0v) is 17.0. The number of carbonyl (C=O) groups excluding carboxylic acids is 1. The first kappa shape index (κ1) is 20.2. The van der Waals surface area contributed by atoms with Crippen molar-refractivity contribution < 1.29 is 18.7 Å². The lowest BCUT2D eigenvalue weighted by Gasteiger charge is -2.41. The molecule has 0 radical (unpaired) electrons. The molecule has 0 aromatic heterocycles. The van der Waals surface area contributed by atoms with E-state index in [1.165, 1.54) is 12.1 Å². The Morgan fingerprint density at radius 2 is 1.96 bits per heavy atom. The first-order valence-corrected chi connectivity index (χ1v) is 9.49. The number of amides is 1. The molecule has 0 N–H and O–H groups in total. The van der Waals surface area contributed by atoms with E-state index >= 15 is 0 Å². The molecule has 1 fully saturated rings. The van der Waals surface area contributed by atoms with Crippen molar-refractivity contribution in [2.24, 2.45) is 0 Å². The SMILES string of the molecule is CCC1(OCc2cc(F)ccc2Br)CCN(C(=O)OC(C)(C)C)CC1. The molecule has 25 heavy (non-hydrogen) atoms. The summed E-state index contributed by atoms with van der Waals surface area (Å²) in [5.41, 5.74) is 0.0169. The largest absolute Gasteiger partial charge is 0.444 e. The number of piperidine rings is 1. The van der Waals surface area contributed by atoms with Crippen LogP contribution in [-0.2, 0) is 16.1 Å². The second-order valence-electron chi connectivity index (χ2n) is 7.53. The minimum atomic E-state index is -0.490. The third-order valence-electron chi connectivity index (χ3n) is 4.51. The van der Waals surface area contributed by atoms with Crippen LogP contribution in [0, 0.1) is 5.82 Å². The van der Waals surface area contributed by atoms with Gasteiger partial charge in [-0.1, -0.05) is 22.9 Å². The topological polar surface area (TPSA) is 38.8 Å². The van der Waals surface area contributed by atoms with Crippen LogP contribution in [0.4, 0.5) is 9.18 Å². The van der Waals surface area contributed by atoms with E-state index in [2.05, 4.69) is 22.9 Å². The van der Waals surface area contributed by atoms with Crippen LogP contribution in [0.15, 0.2) is 22.7 Å². The van der Waals surface area contributed by atoms with Gasteiger partial charge in [0, 0.05) is 17.6 Å². The van der Waals surface area contributed by atoms with Crippen molar-refractivity contribution in [2.75, 3.05) is 13.1 Å². The molecule has 0 saturated carbocycles. The van der Waals surface area contributed by atoms with Crippen molar-refractivity contribution in [1.82, 2.24) is 4.90 Å². The van der Waals surface area contributed by atoms with Crippen LogP contribution in [0.2, 0.25) is 0 Å². The molecule has 1 aliphatic rings. The highest BCUT2D eigenvalue weighted by atomic mass is 79.9. The van der Waals surface area contributed by atoms with E-state index < -0.39 is 5.60 Å². The van der Waals surface area contributed by atoms with Gasteiger partial charge in [-0.25, -0.2) is 9.18 Å². The van der Waals surface area contributed by atoms with E-state index in [0.29, 0.717) is 19.7 Å². The number of rotatable bonds is 4. The monoisotopic (exact) mass is 415 g/mol. The summed E-state index contributed by atoms with van der Waals surface area (Å²) in [4.78, 5) is 13.9. The Labute approximate surface area is 157 Å². The molecule has 1 heterocycles. The maximum Gasteiger partial charge on any atom is 0.410 e. The molecular weight excluding hydrogens is 389 g/mol. The molecule has 0 unspecified atom stereocenters. The van der Waals surface area contributed by atoms with Gasteiger partial charge >= 0.3 is 6.09 Å². The first-order chi connectivity index (χ1) is 11.6. The van der Waals surface area contributed by atoms with Crippen molar-refractivity contribution in [2.45, 2.75) is 64.8 Å². The van der Waals surface area contributed by atoms with E-state index in [4.69, 9.17) is 9.47 Å². The minimum Gasteiger partial charge on any atom is -0.444 e. The normalized spacial score (nSPS) is 17.4. The lowest BCUT2D eigenvalue weighted by atomic mass is 9.88. The van der Waals surface area contributed by atoms with Crippen molar-refractivity contribution in [3.8, 4) is 0 Å². The molecule has 6 heteroatoms. The Kier molecular flexibility index (Phi) is 6.49. The number of ether oxygens (including phenoxy) is 2. The van der Waals surface area contributed by atoms with E-state index in [-0.39, 0.29) is 17.5 Å².